The lowest BCUT2D eigenvalue weighted by Crippen LogP contribution is -2.14. The van der Waals surface area contributed by atoms with Gasteiger partial charge in [-0.3, -0.25) is 14.5 Å². The minimum atomic E-state index is -3.42. The van der Waals surface area contributed by atoms with Crippen molar-refractivity contribution in [2.75, 3.05) is 16.3 Å². The predicted molar refractivity (Wildman–Crippen MR) is 97.3 cm³/mol. The summed E-state index contributed by atoms with van der Waals surface area (Å²) in [7, 11) is -3.42. The molecule has 134 valence electrons. The molecule has 0 aliphatic carbocycles. The van der Waals surface area contributed by atoms with Crippen molar-refractivity contribution in [2.24, 2.45) is 0 Å². The molecular weight excluding hydrogens is 356 g/mol. The van der Waals surface area contributed by atoms with Gasteiger partial charge in [0.15, 0.2) is 11.5 Å². The average molecular weight is 372 g/mol. The molecule has 0 saturated heterocycles. The van der Waals surface area contributed by atoms with E-state index in [2.05, 4.69) is 20.2 Å². The third-order valence-corrected chi connectivity index (χ3v) is 4.07. The summed E-state index contributed by atoms with van der Waals surface area (Å²) in [6, 6.07) is 9.96. The summed E-state index contributed by atoms with van der Waals surface area (Å²) in [5.41, 5.74) is 2.35. The van der Waals surface area contributed by atoms with Crippen molar-refractivity contribution in [1.29, 1.82) is 0 Å². The van der Waals surface area contributed by atoms with Gasteiger partial charge in [0.2, 0.25) is 10.0 Å². The molecular formula is C17H16N4O4S. The van der Waals surface area contributed by atoms with Crippen molar-refractivity contribution in [3.8, 4) is 11.3 Å². The quantitative estimate of drug-likeness (QED) is 0.712. The molecule has 2 N–H and O–H groups in total. The van der Waals surface area contributed by atoms with E-state index in [0.717, 1.165) is 11.8 Å². The molecule has 3 aromatic rings. The molecule has 0 fully saturated rings. The fraction of sp³-hybridized carbons (Fsp3) is 0.118. The summed E-state index contributed by atoms with van der Waals surface area (Å²) in [5, 5.41) is 6.43. The predicted octanol–water partition coefficient (Wildman–Crippen LogP) is 2.67. The summed E-state index contributed by atoms with van der Waals surface area (Å²) in [5.74, 6) is -0.0513. The Morgan fingerprint density at radius 2 is 2.00 bits per heavy atom. The van der Waals surface area contributed by atoms with E-state index in [1.807, 2.05) is 0 Å². The molecule has 2 aromatic heterocycles. The number of carbonyl (C=O) groups is 1. The minimum absolute atomic E-state index is 0.0991. The highest BCUT2D eigenvalue weighted by Crippen LogP contribution is 2.23. The van der Waals surface area contributed by atoms with Crippen LogP contribution in [0.2, 0.25) is 0 Å². The maximum Gasteiger partial charge on any atom is 0.277 e. The van der Waals surface area contributed by atoms with Gasteiger partial charge < -0.3 is 9.84 Å². The minimum Gasteiger partial charge on any atom is -0.355 e. The molecule has 0 radical (unpaired) electrons. The van der Waals surface area contributed by atoms with Gasteiger partial charge in [-0.15, -0.1) is 0 Å². The van der Waals surface area contributed by atoms with Crippen LogP contribution in [0.3, 0.4) is 0 Å². The van der Waals surface area contributed by atoms with Crippen molar-refractivity contribution in [3.05, 3.63) is 60.0 Å². The third-order valence-electron chi connectivity index (χ3n) is 3.48. The standard InChI is InChI=1S/C17H16N4O4S/c1-11-5-6-13(8-14(11)21-26(2,23)24)19-17(22)15-9-16(25-20-15)12-4-3-7-18-10-12/h3-10,21H,1-2H3,(H,19,22). The second-order valence-electron chi connectivity index (χ2n) is 5.68. The van der Waals surface area contributed by atoms with Crippen LogP contribution in [0.4, 0.5) is 11.4 Å². The van der Waals surface area contributed by atoms with Gasteiger partial charge in [-0.05, 0) is 36.8 Å². The van der Waals surface area contributed by atoms with E-state index in [1.165, 1.54) is 12.1 Å². The molecule has 0 unspecified atom stereocenters. The highest BCUT2D eigenvalue weighted by atomic mass is 32.2. The van der Waals surface area contributed by atoms with Crippen LogP contribution in [-0.2, 0) is 10.0 Å². The summed E-state index contributed by atoms with van der Waals surface area (Å²) in [6.45, 7) is 1.76. The first-order valence-electron chi connectivity index (χ1n) is 7.59. The Morgan fingerprint density at radius 3 is 2.69 bits per heavy atom. The Bertz CT molecular complexity index is 1050. The number of aryl methyl sites for hydroxylation is 1. The lowest BCUT2D eigenvalue weighted by molar-refractivity contribution is 0.101. The first-order valence-corrected chi connectivity index (χ1v) is 9.48. The maximum atomic E-state index is 12.4. The zero-order valence-corrected chi connectivity index (χ0v) is 14.9. The van der Waals surface area contributed by atoms with Crippen molar-refractivity contribution < 1.29 is 17.7 Å². The molecule has 1 amide bonds. The molecule has 9 heteroatoms. The Labute approximate surface area is 150 Å². The largest absolute Gasteiger partial charge is 0.355 e. The van der Waals surface area contributed by atoms with Crippen LogP contribution in [-0.4, -0.2) is 30.7 Å². The molecule has 0 aliphatic rings. The maximum absolute atomic E-state index is 12.4. The summed E-state index contributed by atoms with van der Waals surface area (Å²) in [4.78, 5) is 16.3. The van der Waals surface area contributed by atoms with E-state index in [9.17, 15) is 13.2 Å². The number of hydrogen-bond acceptors (Lipinski definition) is 6. The van der Waals surface area contributed by atoms with Crippen molar-refractivity contribution in [2.45, 2.75) is 6.92 Å². The number of rotatable bonds is 5. The molecule has 0 atom stereocenters. The molecule has 26 heavy (non-hydrogen) atoms. The summed E-state index contributed by atoms with van der Waals surface area (Å²) < 4.78 is 30.4. The number of hydrogen-bond donors (Lipinski definition) is 2. The second kappa shape index (κ2) is 6.96. The van der Waals surface area contributed by atoms with Crippen LogP contribution < -0.4 is 10.0 Å². The van der Waals surface area contributed by atoms with Gasteiger partial charge in [-0.2, -0.15) is 0 Å². The monoisotopic (exact) mass is 372 g/mol. The smallest absolute Gasteiger partial charge is 0.277 e. The zero-order valence-electron chi connectivity index (χ0n) is 14.1. The molecule has 8 nitrogen and oxygen atoms in total. The van der Waals surface area contributed by atoms with Gasteiger partial charge in [0, 0.05) is 29.7 Å². The average Bonchev–Trinajstić information content (AvgIpc) is 3.08. The van der Waals surface area contributed by atoms with Gasteiger partial charge >= 0.3 is 0 Å². The van der Waals surface area contributed by atoms with E-state index in [0.29, 0.717) is 22.7 Å². The van der Waals surface area contributed by atoms with Crippen LogP contribution in [0.25, 0.3) is 11.3 Å². The second-order valence-corrected chi connectivity index (χ2v) is 7.42. The van der Waals surface area contributed by atoms with E-state index < -0.39 is 15.9 Å². The highest BCUT2D eigenvalue weighted by Gasteiger charge is 2.15. The number of anilines is 2. The number of pyridine rings is 1. The van der Waals surface area contributed by atoms with Gasteiger partial charge in [0.1, 0.15) is 0 Å². The van der Waals surface area contributed by atoms with Crippen LogP contribution in [0, 0.1) is 6.92 Å². The summed E-state index contributed by atoms with van der Waals surface area (Å²) in [6.07, 6.45) is 4.30. The molecule has 3 rings (SSSR count). The van der Waals surface area contributed by atoms with E-state index in [1.54, 1.807) is 43.6 Å². The van der Waals surface area contributed by atoms with E-state index in [-0.39, 0.29) is 5.69 Å². The van der Waals surface area contributed by atoms with Gasteiger partial charge in [-0.25, -0.2) is 8.42 Å². The number of carbonyl (C=O) groups excluding carboxylic acids is 1. The fourth-order valence-corrected chi connectivity index (χ4v) is 2.85. The van der Waals surface area contributed by atoms with E-state index >= 15 is 0 Å². The third kappa shape index (κ3) is 4.25. The van der Waals surface area contributed by atoms with Crippen molar-refractivity contribution in [1.82, 2.24) is 10.1 Å². The number of aromatic nitrogens is 2. The van der Waals surface area contributed by atoms with Gasteiger partial charge in [-0.1, -0.05) is 11.2 Å². The van der Waals surface area contributed by atoms with E-state index in [4.69, 9.17) is 4.52 Å². The van der Waals surface area contributed by atoms with Crippen molar-refractivity contribution in [3.63, 3.8) is 0 Å². The number of nitrogens with zero attached hydrogens (tertiary/aromatic N) is 2. The Morgan fingerprint density at radius 1 is 1.19 bits per heavy atom. The molecule has 1 aromatic carbocycles. The SMILES string of the molecule is Cc1ccc(NC(=O)c2cc(-c3cccnc3)on2)cc1NS(C)(=O)=O. The summed E-state index contributed by atoms with van der Waals surface area (Å²) >= 11 is 0. The zero-order chi connectivity index (χ0) is 18.7. The number of benzene rings is 1. The first-order chi connectivity index (χ1) is 12.3. The number of nitrogens with one attached hydrogen (secondary N) is 2. The van der Waals surface area contributed by atoms with Crippen molar-refractivity contribution >= 4 is 27.3 Å². The lowest BCUT2D eigenvalue weighted by atomic mass is 10.2. The normalized spacial score (nSPS) is 11.2. The Hall–Kier alpha value is -3.20. The lowest BCUT2D eigenvalue weighted by Gasteiger charge is -2.10. The fourth-order valence-electron chi connectivity index (χ4n) is 2.23. The van der Waals surface area contributed by atoms with Gasteiger partial charge in [0.25, 0.3) is 5.91 Å². The molecule has 0 saturated carbocycles. The first kappa shape index (κ1) is 17.6. The van der Waals surface area contributed by atoms with Crippen LogP contribution in [0.15, 0.2) is 53.3 Å². The Balaban J connectivity index is 1.78. The number of sulfonamides is 1. The van der Waals surface area contributed by atoms with Crippen LogP contribution >= 0.6 is 0 Å². The Kier molecular flexibility index (Phi) is 4.72. The van der Waals surface area contributed by atoms with Crippen LogP contribution in [0.5, 0.6) is 0 Å². The van der Waals surface area contributed by atoms with Gasteiger partial charge in [0.05, 0.1) is 11.9 Å². The number of amides is 1. The topological polar surface area (TPSA) is 114 Å². The molecule has 2 heterocycles. The highest BCUT2D eigenvalue weighted by molar-refractivity contribution is 7.92. The van der Waals surface area contributed by atoms with Crippen LogP contribution in [0.1, 0.15) is 16.1 Å². The molecule has 0 aliphatic heterocycles. The molecule has 0 bridgehead atoms. The molecule has 0 spiro atoms.